The minimum absolute atomic E-state index is 0.242. The SMILES string of the molecule is CC(C)(C)OC(=O)N1CCN(C(=O)OC(C)(C)C)C1=Nc1ccc2c(c1)CCC2. The molecule has 3 rings (SSSR count). The Kier molecular flexibility index (Phi) is 5.61. The number of carbonyl (C=O) groups excluding carboxylic acids is 2. The number of rotatable bonds is 1. The van der Waals surface area contributed by atoms with Crippen LogP contribution in [0.3, 0.4) is 0 Å². The van der Waals surface area contributed by atoms with Crippen molar-refractivity contribution in [3.05, 3.63) is 29.3 Å². The molecule has 1 aliphatic heterocycles. The van der Waals surface area contributed by atoms with E-state index < -0.39 is 23.4 Å². The summed E-state index contributed by atoms with van der Waals surface area (Å²) in [5, 5.41) is 0. The van der Waals surface area contributed by atoms with Crippen molar-refractivity contribution in [3.8, 4) is 0 Å². The second-order valence-corrected chi connectivity index (χ2v) is 9.48. The van der Waals surface area contributed by atoms with E-state index in [0.29, 0.717) is 18.8 Å². The molecule has 0 bridgehead atoms. The van der Waals surface area contributed by atoms with Crippen LogP contribution in [0.5, 0.6) is 0 Å². The van der Waals surface area contributed by atoms with Crippen LogP contribution in [0.2, 0.25) is 0 Å². The lowest BCUT2D eigenvalue weighted by Gasteiger charge is -2.27. The summed E-state index contributed by atoms with van der Waals surface area (Å²) in [5.74, 6) is 0.242. The number of nitrogens with zero attached hydrogens (tertiary/aromatic N) is 3. The van der Waals surface area contributed by atoms with Crippen molar-refractivity contribution in [1.29, 1.82) is 0 Å². The number of guanidine groups is 1. The molecule has 0 saturated carbocycles. The van der Waals surface area contributed by atoms with Crippen LogP contribution >= 0.6 is 0 Å². The number of hydrogen-bond donors (Lipinski definition) is 0. The number of aryl methyl sites for hydroxylation is 2. The van der Waals surface area contributed by atoms with E-state index in [1.165, 1.54) is 20.9 Å². The minimum atomic E-state index is -0.644. The van der Waals surface area contributed by atoms with Crippen LogP contribution in [0, 0.1) is 0 Å². The quantitative estimate of drug-likeness (QED) is 0.687. The van der Waals surface area contributed by atoms with Crippen LogP contribution in [0.1, 0.15) is 59.1 Å². The van der Waals surface area contributed by atoms with Gasteiger partial charge in [0.05, 0.1) is 18.8 Å². The maximum Gasteiger partial charge on any atom is 0.417 e. The summed E-state index contributed by atoms with van der Waals surface area (Å²) < 4.78 is 11.0. The summed E-state index contributed by atoms with van der Waals surface area (Å²) >= 11 is 0. The molecule has 0 spiro atoms. The van der Waals surface area contributed by atoms with Gasteiger partial charge in [-0.15, -0.1) is 0 Å². The highest BCUT2D eigenvalue weighted by molar-refractivity contribution is 6.04. The van der Waals surface area contributed by atoms with Gasteiger partial charge >= 0.3 is 12.2 Å². The molecule has 0 aromatic heterocycles. The third kappa shape index (κ3) is 5.28. The summed E-state index contributed by atoms with van der Waals surface area (Å²) in [7, 11) is 0. The van der Waals surface area contributed by atoms with Crippen LogP contribution in [0.25, 0.3) is 0 Å². The van der Waals surface area contributed by atoms with Crippen LogP contribution in [0.4, 0.5) is 15.3 Å². The van der Waals surface area contributed by atoms with Crippen molar-refractivity contribution < 1.29 is 19.1 Å². The van der Waals surface area contributed by atoms with Crippen molar-refractivity contribution >= 4 is 23.8 Å². The number of hydrogen-bond acceptors (Lipinski definition) is 5. The smallest absolute Gasteiger partial charge is 0.417 e. The fraction of sp³-hybridized carbons (Fsp3) is 0.591. The molecule has 0 unspecified atom stereocenters. The topological polar surface area (TPSA) is 71.4 Å². The summed E-state index contributed by atoms with van der Waals surface area (Å²) in [6, 6.07) is 6.04. The first-order valence-electron chi connectivity index (χ1n) is 10.1. The summed E-state index contributed by atoms with van der Waals surface area (Å²) in [5.41, 5.74) is 2.04. The van der Waals surface area contributed by atoms with E-state index in [9.17, 15) is 9.59 Å². The first-order chi connectivity index (χ1) is 13.4. The van der Waals surface area contributed by atoms with Crippen molar-refractivity contribution in [2.24, 2.45) is 4.99 Å². The molecule has 0 radical (unpaired) electrons. The molecule has 2 aliphatic rings. The van der Waals surface area contributed by atoms with E-state index >= 15 is 0 Å². The summed E-state index contributed by atoms with van der Waals surface area (Å²) in [4.78, 5) is 33.0. The number of carbonyl (C=O) groups is 2. The zero-order valence-electron chi connectivity index (χ0n) is 18.2. The van der Waals surface area contributed by atoms with Crippen molar-refractivity contribution in [1.82, 2.24) is 9.80 Å². The molecule has 1 heterocycles. The van der Waals surface area contributed by atoms with Gasteiger partial charge in [-0.1, -0.05) is 6.07 Å². The number of amides is 2. The molecule has 2 amide bonds. The van der Waals surface area contributed by atoms with Gasteiger partial charge in [-0.2, -0.15) is 0 Å². The van der Waals surface area contributed by atoms with Gasteiger partial charge in [-0.25, -0.2) is 24.4 Å². The number of benzene rings is 1. The minimum Gasteiger partial charge on any atom is -0.443 e. The summed E-state index contributed by atoms with van der Waals surface area (Å²) in [6.45, 7) is 11.5. The molecular formula is C22H31N3O4. The Hall–Kier alpha value is -2.57. The standard InChI is InChI=1S/C22H31N3O4/c1-21(2,3)28-19(26)24-12-13-25(20(27)29-22(4,5)6)18(24)23-17-11-10-15-8-7-9-16(15)14-17/h10-11,14H,7-9,12-13H2,1-6H3. The van der Waals surface area contributed by atoms with E-state index in [4.69, 9.17) is 9.47 Å². The Balaban J connectivity index is 1.93. The maximum absolute atomic E-state index is 12.7. The van der Waals surface area contributed by atoms with Crippen LogP contribution in [0.15, 0.2) is 23.2 Å². The lowest BCUT2D eigenvalue weighted by atomic mass is 10.1. The second-order valence-electron chi connectivity index (χ2n) is 9.48. The van der Waals surface area contributed by atoms with Crippen molar-refractivity contribution in [3.63, 3.8) is 0 Å². The van der Waals surface area contributed by atoms with Gasteiger partial charge < -0.3 is 9.47 Å². The van der Waals surface area contributed by atoms with Crippen LogP contribution in [-0.4, -0.2) is 52.2 Å². The lowest BCUT2D eigenvalue weighted by Crippen LogP contribution is -2.44. The third-order valence-corrected chi connectivity index (χ3v) is 4.57. The van der Waals surface area contributed by atoms with E-state index in [2.05, 4.69) is 11.1 Å². The lowest BCUT2D eigenvalue weighted by molar-refractivity contribution is 0.0375. The van der Waals surface area contributed by atoms with Crippen LogP contribution in [-0.2, 0) is 22.3 Å². The molecule has 7 heteroatoms. The number of ether oxygens (including phenoxy) is 2. The highest BCUT2D eigenvalue weighted by Crippen LogP contribution is 2.28. The molecule has 1 saturated heterocycles. The Labute approximate surface area is 172 Å². The number of aliphatic imine (C=N–C) groups is 1. The predicted molar refractivity (Wildman–Crippen MR) is 111 cm³/mol. The van der Waals surface area contributed by atoms with E-state index in [1.54, 1.807) is 0 Å². The Morgan fingerprint density at radius 2 is 1.38 bits per heavy atom. The second kappa shape index (κ2) is 7.69. The summed E-state index contributed by atoms with van der Waals surface area (Å²) in [6.07, 6.45) is 2.20. The fourth-order valence-electron chi connectivity index (χ4n) is 3.39. The first kappa shape index (κ1) is 21.1. The largest absolute Gasteiger partial charge is 0.443 e. The predicted octanol–water partition coefficient (Wildman–Crippen LogP) is 4.65. The molecule has 29 heavy (non-hydrogen) atoms. The fourth-order valence-corrected chi connectivity index (χ4v) is 3.39. The van der Waals surface area contributed by atoms with Gasteiger partial charge in [0.25, 0.3) is 0 Å². The average molecular weight is 402 g/mol. The average Bonchev–Trinajstić information content (AvgIpc) is 3.17. The molecular weight excluding hydrogens is 370 g/mol. The van der Waals surface area contributed by atoms with Crippen molar-refractivity contribution in [2.75, 3.05) is 13.1 Å². The maximum atomic E-state index is 12.7. The van der Waals surface area contributed by atoms with Gasteiger partial charge in [0.1, 0.15) is 11.2 Å². The molecule has 1 aromatic rings. The number of fused-ring (bicyclic) bond motifs is 1. The van der Waals surface area contributed by atoms with Crippen molar-refractivity contribution in [2.45, 2.75) is 72.0 Å². The Morgan fingerprint density at radius 1 is 0.862 bits per heavy atom. The van der Waals surface area contributed by atoms with Gasteiger partial charge in [0.15, 0.2) is 0 Å². The molecule has 1 aromatic carbocycles. The van der Waals surface area contributed by atoms with E-state index in [-0.39, 0.29) is 5.96 Å². The van der Waals surface area contributed by atoms with Gasteiger partial charge in [-0.3, -0.25) is 0 Å². The zero-order valence-corrected chi connectivity index (χ0v) is 18.2. The first-order valence-corrected chi connectivity index (χ1v) is 10.1. The van der Waals surface area contributed by atoms with Gasteiger partial charge in [0.2, 0.25) is 5.96 Å². The highest BCUT2D eigenvalue weighted by atomic mass is 16.6. The monoisotopic (exact) mass is 401 g/mol. The van der Waals surface area contributed by atoms with E-state index in [1.807, 2.05) is 53.7 Å². The third-order valence-electron chi connectivity index (χ3n) is 4.57. The van der Waals surface area contributed by atoms with Gasteiger partial charge in [-0.05, 0) is 84.1 Å². The molecule has 158 valence electrons. The molecule has 7 nitrogen and oxygen atoms in total. The van der Waals surface area contributed by atoms with E-state index in [0.717, 1.165) is 19.3 Å². The normalized spacial score (nSPS) is 16.7. The van der Waals surface area contributed by atoms with Gasteiger partial charge in [0, 0.05) is 0 Å². The molecule has 1 fully saturated rings. The Bertz CT molecular complexity index is 795. The van der Waals surface area contributed by atoms with Crippen LogP contribution < -0.4 is 0 Å². The molecule has 1 aliphatic carbocycles. The zero-order chi connectivity index (χ0) is 21.4. The Morgan fingerprint density at radius 3 is 1.90 bits per heavy atom. The molecule has 0 atom stereocenters. The highest BCUT2D eigenvalue weighted by Gasteiger charge is 2.39. The molecule has 0 N–H and O–H groups in total.